The van der Waals surface area contributed by atoms with Crippen molar-refractivity contribution in [2.24, 2.45) is 0 Å². The largest absolute Gasteiger partial charge is 0.374 e. The molecular formula is C18H26N4O. The lowest BCUT2D eigenvalue weighted by atomic mass is 10.1. The van der Waals surface area contributed by atoms with Crippen molar-refractivity contribution in [2.75, 3.05) is 23.3 Å². The minimum atomic E-state index is 0.00828. The number of aryl methyl sites for hydroxylation is 1. The van der Waals surface area contributed by atoms with Crippen molar-refractivity contribution in [3.8, 4) is 0 Å². The summed E-state index contributed by atoms with van der Waals surface area (Å²) in [5, 5.41) is 7.44. The lowest BCUT2D eigenvalue weighted by Gasteiger charge is -2.29. The summed E-state index contributed by atoms with van der Waals surface area (Å²) in [6.45, 7) is 6.50. The quantitative estimate of drug-likeness (QED) is 0.866. The Bertz CT molecular complexity index is 602. The topological polar surface area (TPSA) is 54.2 Å². The number of hydrogen-bond acceptors (Lipinski definition) is 5. The second-order valence-electron chi connectivity index (χ2n) is 6.26. The summed E-state index contributed by atoms with van der Waals surface area (Å²) in [4.78, 5) is 6.90. The minimum Gasteiger partial charge on any atom is -0.374 e. The fourth-order valence-corrected chi connectivity index (χ4v) is 3.00. The SMILES string of the molecule is CCCc1noc(C(C)Nc2ccc(N3CCCCC3)cc2)n1. The Morgan fingerprint density at radius 3 is 2.61 bits per heavy atom. The summed E-state index contributed by atoms with van der Waals surface area (Å²) < 4.78 is 5.34. The highest BCUT2D eigenvalue weighted by atomic mass is 16.5. The van der Waals surface area contributed by atoms with Gasteiger partial charge in [-0.05, 0) is 56.9 Å². The van der Waals surface area contributed by atoms with E-state index in [4.69, 9.17) is 4.52 Å². The number of rotatable bonds is 6. The lowest BCUT2D eigenvalue weighted by molar-refractivity contribution is 0.362. The molecule has 0 amide bonds. The number of benzene rings is 1. The highest BCUT2D eigenvalue weighted by molar-refractivity contribution is 5.55. The third kappa shape index (κ3) is 4.03. The van der Waals surface area contributed by atoms with Crippen LogP contribution in [0.15, 0.2) is 28.8 Å². The van der Waals surface area contributed by atoms with E-state index in [9.17, 15) is 0 Å². The third-order valence-corrected chi connectivity index (χ3v) is 4.30. The lowest BCUT2D eigenvalue weighted by Crippen LogP contribution is -2.29. The first-order chi connectivity index (χ1) is 11.3. The third-order valence-electron chi connectivity index (χ3n) is 4.30. The summed E-state index contributed by atoms with van der Waals surface area (Å²) in [6, 6.07) is 8.65. The molecule has 1 aliphatic heterocycles. The molecule has 3 rings (SSSR count). The first-order valence-corrected chi connectivity index (χ1v) is 8.70. The van der Waals surface area contributed by atoms with Crippen LogP contribution in [0.5, 0.6) is 0 Å². The fraction of sp³-hybridized carbons (Fsp3) is 0.556. The van der Waals surface area contributed by atoms with Gasteiger partial charge in [0.2, 0.25) is 5.89 Å². The molecule has 2 heterocycles. The average molecular weight is 314 g/mol. The zero-order valence-corrected chi connectivity index (χ0v) is 14.1. The van der Waals surface area contributed by atoms with Crippen LogP contribution in [0.1, 0.15) is 57.3 Å². The molecule has 23 heavy (non-hydrogen) atoms. The van der Waals surface area contributed by atoms with Crippen LogP contribution in [0.4, 0.5) is 11.4 Å². The Morgan fingerprint density at radius 1 is 1.17 bits per heavy atom. The number of aromatic nitrogens is 2. The van der Waals surface area contributed by atoms with Crippen molar-refractivity contribution in [3.63, 3.8) is 0 Å². The van der Waals surface area contributed by atoms with E-state index >= 15 is 0 Å². The molecule has 0 saturated carbocycles. The van der Waals surface area contributed by atoms with Gasteiger partial charge in [0.15, 0.2) is 5.82 Å². The van der Waals surface area contributed by atoms with Gasteiger partial charge in [0.25, 0.3) is 0 Å². The maximum absolute atomic E-state index is 5.34. The molecule has 2 aromatic rings. The van der Waals surface area contributed by atoms with E-state index < -0.39 is 0 Å². The van der Waals surface area contributed by atoms with E-state index in [2.05, 4.69) is 51.5 Å². The van der Waals surface area contributed by atoms with Gasteiger partial charge in [-0.3, -0.25) is 0 Å². The van der Waals surface area contributed by atoms with E-state index in [-0.39, 0.29) is 6.04 Å². The van der Waals surface area contributed by atoms with Crippen LogP contribution in [0.2, 0.25) is 0 Å². The van der Waals surface area contributed by atoms with Gasteiger partial charge in [0.05, 0.1) is 0 Å². The van der Waals surface area contributed by atoms with E-state index in [1.165, 1.54) is 38.0 Å². The molecule has 0 aliphatic carbocycles. The number of nitrogens with one attached hydrogen (secondary N) is 1. The molecule has 5 nitrogen and oxygen atoms in total. The van der Waals surface area contributed by atoms with E-state index in [0.29, 0.717) is 5.89 Å². The van der Waals surface area contributed by atoms with Crippen molar-refractivity contribution >= 4 is 11.4 Å². The molecule has 0 bridgehead atoms. The molecule has 124 valence electrons. The number of hydrogen-bond donors (Lipinski definition) is 1. The van der Waals surface area contributed by atoms with Gasteiger partial charge in [0, 0.05) is 30.9 Å². The first kappa shape index (κ1) is 15.8. The van der Waals surface area contributed by atoms with Gasteiger partial charge >= 0.3 is 0 Å². The maximum atomic E-state index is 5.34. The van der Waals surface area contributed by atoms with Gasteiger partial charge in [-0.15, -0.1) is 0 Å². The van der Waals surface area contributed by atoms with E-state index in [1.54, 1.807) is 0 Å². The van der Waals surface area contributed by atoms with Crippen LogP contribution >= 0.6 is 0 Å². The Labute approximate surface area is 138 Å². The molecule has 0 spiro atoms. The smallest absolute Gasteiger partial charge is 0.248 e. The molecule has 1 unspecified atom stereocenters. The highest BCUT2D eigenvalue weighted by Gasteiger charge is 2.14. The zero-order chi connectivity index (χ0) is 16.1. The Kier molecular flexibility index (Phi) is 5.16. The summed E-state index contributed by atoms with van der Waals surface area (Å²) in [5.41, 5.74) is 2.39. The fourth-order valence-electron chi connectivity index (χ4n) is 3.00. The number of piperidine rings is 1. The predicted molar refractivity (Wildman–Crippen MR) is 92.8 cm³/mol. The van der Waals surface area contributed by atoms with Crippen molar-refractivity contribution < 1.29 is 4.52 Å². The van der Waals surface area contributed by atoms with Gasteiger partial charge in [0.1, 0.15) is 6.04 Å². The highest BCUT2D eigenvalue weighted by Crippen LogP contribution is 2.24. The number of nitrogens with zero attached hydrogens (tertiary/aromatic N) is 3. The van der Waals surface area contributed by atoms with Crippen molar-refractivity contribution in [2.45, 2.75) is 52.0 Å². The Morgan fingerprint density at radius 2 is 1.91 bits per heavy atom. The van der Waals surface area contributed by atoms with Crippen LogP contribution in [0.3, 0.4) is 0 Å². The summed E-state index contributed by atoms with van der Waals surface area (Å²) >= 11 is 0. The second-order valence-corrected chi connectivity index (χ2v) is 6.26. The molecular weight excluding hydrogens is 288 g/mol. The normalized spacial score (nSPS) is 16.3. The Balaban J connectivity index is 1.60. The van der Waals surface area contributed by atoms with Crippen molar-refractivity contribution in [1.29, 1.82) is 0 Å². The van der Waals surface area contributed by atoms with Gasteiger partial charge in [-0.25, -0.2) is 0 Å². The van der Waals surface area contributed by atoms with E-state index in [0.717, 1.165) is 24.4 Å². The van der Waals surface area contributed by atoms with Crippen molar-refractivity contribution in [1.82, 2.24) is 10.1 Å². The molecule has 1 atom stereocenters. The number of anilines is 2. The maximum Gasteiger partial charge on any atom is 0.248 e. The molecule has 1 N–H and O–H groups in total. The minimum absolute atomic E-state index is 0.00828. The molecule has 5 heteroatoms. The van der Waals surface area contributed by atoms with Crippen LogP contribution in [0.25, 0.3) is 0 Å². The van der Waals surface area contributed by atoms with E-state index in [1.807, 2.05) is 6.92 Å². The van der Waals surface area contributed by atoms with Gasteiger partial charge in [-0.2, -0.15) is 4.98 Å². The molecule has 1 aliphatic rings. The monoisotopic (exact) mass is 314 g/mol. The van der Waals surface area contributed by atoms with Crippen LogP contribution < -0.4 is 10.2 Å². The predicted octanol–water partition coefficient (Wildman–Crippen LogP) is 4.19. The summed E-state index contributed by atoms with van der Waals surface area (Å²) in [7, 11) is 0. The first-order valence-electron chi connectivity index (χ1n) is 8.70. The molecule has 0 radical (unpaired) electrons. The average Bonchev–Trinajstić information content (AvgIpc) is 3.06. The second kappa shape index (κ2) is 7.49. The van der Waals surface area contributed by atoms with Gasteiger partial charge < -0.3 is 14.7 Å². The standard InChI is InChI=1S/C18H26N4O/c1-3-7-17-20-18(23-21-17)14(2)19-15-8-10-16(11-9-15)22-12-5-4-6-13-22/h8-11,14,19H,3-7,12-13H2,1-2H3. The summed E-state index contributed by atoms with van der Waals surface area (Å²) in [5.74, 6) is 1.44. The van der Waals surface area contributed by atoms with Crippen LogP contribution in [0, 0.1) is 0 Å². The molecule has 1 saturated heterocycles. The van der Waals surface area contributed by atoms with Gasteiger partial charge in [-0.1, -0.05) is 12.1 Å². The van der Waals surface area contributed by atoms with Crippen LogP contribution in [-0.4, -0.2) is 23.2 Å². The van der Waals surface area contributed by atoms with Crippen LogP contribution in [-0.2, 0) is 6.42 Å². The Hall–Kier alpha value is -2.04. The molecule has 1 aromatic carbocycles. The zero-order valence-electron chi connectivity index (χ0n) is 14.1. The molecule has 1 aromatic heterocycles. The molecule has 1 fully saturated rings. The summed E-state index contributed by atoms with van der Waals surface area (Å²) in [6.07, 6.45) is 5.85. The van der Waals surface area contributed by atoms with Crippen molar-refractivity contribution in [3.05, 3.63) is 36.0 Å².